The minimum Gasteiger partial charge on any atom is -0.496 e. The molecule has 0 fully saturated rings. The lowest BCUT2D eigenvalue weighted by Gasteiger charge is -2.12. The molecule has 2 rings (SSSR count). The third kappa shape index (κ3) is 3.47. The molecule has 3 N–H and O–H groups in total. The standard InChI is InChI=1S/C15H14F2N2O2/c1-20-14-5-2-9(15(18)19)6-10(14)8-21-11-3-4-12(16)13(17)7-11/h2-7H,8H2,1H3,(H3,18,19). The third-order valence-electron chi connectivity index (χ3n) is 2.88. The summed E-state index contributed by atoms with van der Waals surface area (Å²) in [7, 11) is 1.50. The Bertz CT molecular complexity index is 675. The Balaban J connectivity index is 2.19. The van der Waals surface area contributed by atoms with Crippen LogP contribution in [-0.4, -0.2) is 12.9 Å². The fourth-order valence-electron chi connectivity index (χ4n) is 1.79. The van der Waals surface area contributed by atoms with Crippen molar-refractivity contribution in [1.29, 1.82) is 5.41 Å². The number of nitrogens with one attached hydrogen (secondary N) is 1. The number of hydrogen-bond acceptors (Lipinski definition) is 3. The summed E-state index contributed by atoms with van der Waals surface area (Å²) in [5.74, 6) is -1.23. The van der Waals surface area contributed by atoms with Crippen molar-refractivity contribution in [1.82, 2.24) is 0 Å². The number of ether oxygens (including phenoxy) is 2. The molecular formula is C15H14F2N2O2. The van der Waals surface area contributed by atoms with Crippen LogP contribution >= 0.6 is 0 Å². The van der Waals surface area contributed by atoms with Gasteiger partial charge in [0.25, 0.3) is 0 Å². The van der Waals surface area contributed by atoms with Gasteiger partial charge in [-0.3, -0.25) is 5.41 Å². The summed E-state index contributed by atoms with van der Waals surface area (Å²) in [6, 6.07) is 8.27. The average molecular weight is 292 g/mol. The van der Waals surface area contributed by atoms with Crippen LogP contribution < -0.4 is 15.2 Å². The van der Waals surface area contributed by atoms with Gasteiger partial charge in [-0.2, -0.15) is 0 Å². The molecule has 2 aromatic carbocycles. The number of nitrogen functional groups attached to an aromatic ring is 1. The summed E-state index contributed by atoms with van der Waals surface area (Å²) < 4.78 is 36.5. The van der Waals surface area contributed by atoms with E-state index in [-0.39, 0.29) is 18.2 Å². The topological polar surface area (TPSA) is 68.3 Å². The van der Waals surface area contributed by atoms with E-state index >= 15 is 0 Å². The maximum Gasteiger partial charge on any atom is 0.162 e. The van der Waals surface area contributed by atoms with Gasteiger partial charge in [-0.05, 0) is 30.3 Å². The first-order chi connectivity index (χ1) is 10.0. The van der Waals surface area contributed by atoms with Crippen molar-refractivity contribution in [3.8, 4) is 11.5 Å². The molecule has 4 nitrogen and oxygen atoms in total. The van der Waals surface area contributed by atoms with Crippen LogP contribution in [0.3, 0.4) is 0 Å². The van der Waals surface area contributed by atoms with Gasteiger partial charge >= 0.3 is 0 Å². The zero-order chi connectivity index (χ0) is 15.4. The van der Waals surface area contributed by atoms with Gasteiger partial charge < -0.3 is 15.2 Å². The lowest BCUT2D eigenvalue weighted by molar-refractivity contribution is 0.294. The van der Waals surface area contributed by atoms with Crippen molar-refractivity contribution < 1.29 is 18.3 Å². The lowest BCUT2D eigenvalue weighted by Crippen LogP contribution is -2.12. The zero-order valence-corrected chi connectivity index (χ0v) is 11.3. The van der Waals surface area contributed by atoms with Crippen molar-refractivity contribution in [3.63, 3.8) is 0 Å². The van der Waals surface area contributed by atoms with E-state index in [0.717, 1.165) is 12.1 Å². The smallest absolute Gasteiger partial charge is 0.162 e. The highest BCUT2D eigenvalue weighted by molar-refractivity contribution is 5.95. The average Bonchev–Trinajstić information content (AvgIpc) is 2.48. The number of amidine groups is 1. The van der Waals surface area contributed by atoms with Crippen molar-refractivity contribution in [3.05, 3.63) is 59.2 Å². The first-order valence-electron chi connectivity index (χ1n) is 6.10. The highest BCUT2D eigenvalue weighted by atomic mass is 19.2. The highest BCUT2D eigenvalue weighted by Crippen LogP contribution is 2.23. The van der Waals surface area contributed by atoms with Crippen LogP contribution in [0.4, 0.5) is 8.78 Å². The molecule has 0 aliphatic carbocycles. The fourth-order valence-corrected chi connectivity index (χ4v) is 1.79. The highest BCUT2D eigenvalue weighted by Gasteiger charge is 2.08. The van der Waals surface area contributed by atoms with Gasteiger partial charge in [0.15, 0.2) is 11.6 Å². The van der Waals surface area contributed by atoms with Crippen LogP contribution in [0.25, 0.3) is 0 Å². The largest absolute Gasteiger partial charge is 0.496 e. The van der Waals surface area contributed by atoms with Gasteiger partial charge in [0, 0.05) is 17.2 Å². The number of hydrogen-bond donors (Lipinski definition) is 2. The molecule has 2 aromatic rings. The molecule has 21 heavy (non-hydrogen) atoms. The first-order valence-corrected chi connectivity index (χ1v) is 6.10. The van der Waals surface area contributed by atoms with E-state index in [4.69, 9.17) is 20.6 Å². The fraction of sp³-hybridized carbons (Fsp3) is 0.133. The van der Waals surface area contributed by atoms with E-state index in [0.29, 0.717) is 16.9 Å². The molecule has 0 aliphatic rings. The minimum absolute atomic E-state index is 0.0771. The SMILES string of the molecule is COc1ccc(C(=N)N)cc1COc1ccc(F)c(F)c1. The molecule has 0 atom stereocenters. The minimum atomic E-state index is -0.975. The molecule has 0 saturated heterocycles. The second-order valence-electron chi connectivity index (χ2n) is 4.30. The van der Waals surface area contributed by atoms with Crippen LogP contribution in [0.1, 0.15) is 11.1 Å². The Morgan fingerprint density at radius 3 is 2.52 bits per heavy atom. The van der Waals surface area contributed by atoms with E-state index in [9.17, 15) is 8.78 Å². The van der Waals surface area contributed by atoms with Crippen LogP contribution in [-0.2, 0) is 6.61 Å². The number of methoxy groups -OCH3 is 1. The Labute approximate surface area is 120 Å². The summed E-state index contributed by atoms with van der Waals surface area (Å²) in [5, 5.41) is 7.41. The molecule has 6 heteroatoms. The molecule has 0 amide bonds. The van der Waals surface area contributed by atoms with Crippen LogP contribution in [0, 0.1) is 17.0 Å². The second kappa shape index (κ2) is 6.21. The van der Waals surface area contributed by atoms with Gasteiger partial charge in [-0.1, -0.05) is 0 Å². The van der Waals surface area contributed by atoms with Crippen molar-refractivity contribution >= 4 is 5.84 Å². The maximum absolute atomic E-state index is 13.1. The predicted molar refractivity (Wildman–Crippen MR) is 74.7 cm³/mol. The van der Waals surface area contributed by atoms with Crippen molar-refractivity contribution in [2.45, 2.75) is 6.61 Å². The summed E-state index contributed by atoms with van der Waals surface area (Å²) in [6.07, 6.45) is 0. The quantitative estimate of drug-likeness (QED) is 0.657. The summed E-state index contributed by atoms with van der Waals surface area (Å²) in [5.41, 5.74) is 6.60. The first kappa shape index (κ1) is 14.8. The van der Waals surface area contributed by atoms with Gasteiger partial charge in [0.2, 0.25) is 0 Å². The van der Waals surface area contributed by atoms with Crippen molar-refractivity contribution in [2.75, 3.05) is 7.11 Å². The third-order valence-corrected chi connectivity index (χ3v) is 2.88. The van der Waals surface area contributed by atoms with Gasteiger partial charge in [-0.15, -0.1) is 0 Å². The Hall–Kier alpha value is -2.63. The second-order valence-corrected chi connectivity index (χ2v) is 4.30. The number of benzene rings is 2. The maximum atomic E-state index is 13.1. The molecule has 110 valence electrons. The van der Waals surface area contributed by atoms with Crippen molar-refractivity contribution in [2.24, 2.45) is 5.73 Å². The van der Waals surface area contributed by atoms with Crippen LogP contribution in [0.5, 0.6) is 11.5 Å². The Kier molecular flexibility index (Phi) is 4.37. The van der Waals surface area contributed by atoms with Gasteiger partial charge in [-0.25, -0.2) is 8.78 Å². The van der Waals surface area contributed by atoms with Gasteiger partial charge in [0.1, 0.15) is 23.9 Å². The summed E-state index contributed by atoms with van der Waals surface area (Å²) in [4.78, 5) is 0. The van der Waals surface area contributed by atoms with Crippen LogP contribution in [0.15, 0.2) is 36.4 Å². The van der Waals surface area contributed by atoms with E-state index in [1.54, 1.807) is 18.2 Å². The van der Waals surface area contributed by atoms with E-state index in [1.807, 2.05) is 0 Å². The summed E-state index contributed by atoms with van der Waals surface area (Å²) >= 11 is 0. The van der Waals surface area contributed by atoms with Crippen LogP contribution in [0.2, 0.25) is 0 Å². The number of halogens is 2. The molecule has 0 saturated carbocycles. The lowest BCUT2D eigenvalue weighted by atomic mass is 10.1. The molecule has 0 aliphatic heterocycles. The molecule has 0 radical (unpaired) electrons. The molecule has 0 heterocycles. The number of nitrogens with two attached hydrogens (primary N) is 1. The number of rotatable bonds is 5. The van der Waals surface area contributed by atoms with E-state index < -0.39 is 11.6 Å². The van der Waals surface area contributed by atoms with E-state index in [2.05, 4.69) is 0 Å². The molecular weight excluding hydrogens is 278 g/mol. The predicted octanol–water partition coefficient (Wildman–Crippen LogP) is 2.84. The monoisotopic (exact) mass is 292 g/mol. The zero-order valence-electron chi connectivity index (χ0n) is 11.3. The summed E-state index contributed by atoms with van der Waals surface area (Å²) in [6.45, 7) is 0.0787. The Morgan fingerprint density at radius 2 is 1.90 bits per heavy atom. The van der Waals surface area contributed by atoms with Gasteiger partial charge in [0.05, 0.1) is 7.11 Å². The molecule has 0 bridgehead atoms. The van der Waals surface area contributed by atoms with E-state index in [1.165, 1.54) is 13.2 Å². The molecule has 0 unspecified atom stereocenters. The Morgan fingerprint density at radius 1 is 1.14 bits per heavy atom. The molecule has 0 spiro atoms. The molecule has 0 aromatic heterocycles. The normalized spacial score (nSPS) is 10.2.